The number of rotatable bonds is 2. The van der Waals surface area contributed by atoms with Crippen molar-refractivity contribution in [1.82, 2.24) is 20.0 Å². The lowest BCUT2D eigenvalue weighted by atomic mass is 9.85. The van der Waals surface area contributed by atoms with E-state index >= 15 is 0 Å². The lowest BCUT2D eigenvalue weighted by Gasteiger charge is -2.58. The Labute approximate surface area is 108 Å². The van der Waals surface area contributed by atoms with Crippen molar-refractivity contribution in [3.05, 3.63) is 11.8 Å². The topological polar surface area (TPSA) is 45.4 Å². The number of piperazine rings is 1. The molecular formula is C13H22N4O. The highest BCUT2D eigenvalue weighted by molar-refractivity contribution is 5.04. The highest BCUT2D eigenvalue weighted by atomic mass is 16.4. The maximum Gasteiger partial charge on any atom is 0.230 e. The molecule has 5 nitrogen and oxygen atoms in total. The Morgan fingerprint density at radius 2 is 1.89 bits per heavy atom. The van der Waals surface area contributed by atoms with Crippen molar-refractivity contribution in [1.29, 1.82) is 0 Å². The van der Waals surface area contributed by atoms with E-state index in [-0.39, 0.29) is 5.54 Å². The molecule has 0 amide bonds. The minimum Gasteiger partial charge on any atom is -0.424 e. The van der Waals surface area contributed by atoms with E-state index in [0.717, 1.165) is 25.5 Å². The fourth-order valence-electron chi connectivity index (χ4n) is 3.05. The van der Waals surface area contributed by atoms with E-state index in [1.54, 1.807) is 0 Å². The minimum atomic E-state index is 0.282. The molecule has 2 saturated heterocycles. The van der Waals surface area contributed by atoms with Gasteiger partial charge in [0.25, 0.3) is 0 Å². The maximum absolute atomic E-state index is 5.47. The van der Waals surface area contributed by atoms with Gasteiger partial charge in [0, 0.05) is 37.6 Å². The number of likely N-dealkylation sites (tertiary alicyclic amines) is 2. The molecular weight excluding hydrogens is 228 g/mol. The normalized spacial score (nSPS) is 29.3. The Kier molecular flexibility index (Phi) is 2.71. The van der Waals surface area contributed by atoms with Gasteiger partial charge in [-0.2, -0.15) is 0 Å². The first-order valence-corrected chi connectivity index (χ1v) is 6.73. The number of hydrogen-bond acceptors (Lipinski definition) is 5. The van der Waals surface area contributed by atoms with Crippen LogP contribution in [0, 0.1) is 6.92 Å². The van der Waals surface area contributed by atoms with Crippen LogP contribution >= 0.6 is 0 Å². The van der Waals surface area contributed by atoms with E-state index < -0.39 is 0 Å². The van der Waals surface area contributed by atoms with E-state index in [4.69, 9.17) is 4.42 Å². The maximum atomic E-state index is 5.47. The molecule has 2 atom stereocenters. The average Bonchev–Trinajstić information content (AvgIpc) is 2.71. The van der Waals surface area contributed by atoms with Crippen LogP contribution in [-0.2, 0) is 6.54 Å². The molecule has 1 aromatic rings. The molecule has 2 aliphatic heterocycles. The van der Waals surface area contributed by atoms with Gasteiger partial charge < -0.3 is 4.42 Å². The van der Waals surface area contributed by atoms with Crippen LogP contribution in [0.5, 0.6) is 0 Å². The van der Waals surface area contributed by atoms with Crippen LogP contribution in [0.1, 0.15) is 39.0 Å². The third kappa shape index (κ3) is 2.06. The predicted molar refractivity (Wildman–Crippen MR) is 68.1 cm³/mol. The number of fused-ring (bicyclic) bond motifs is 2. The van der Waals surface area contributed by atoms with Gasteiger partial charge >= 0.3 is 0 Å². The van der Waals surface area contributed by atoms with Gasteiger partial charge in [-0.05, 0) is 27.2 Å². The van der Waals surface area contributed by atoms with Gasteiger partial charge in [-0.15, -0.1) is 10.2 Å². The Morgan fingerprint density at radius 1 is 1.22 bits per heavy atom. The Bertz CT molecular complexity index is 424. The van der Waals surface area contributed by atoms with Gasteiger partial charge in [0.15, 0.2) is 0 Å². The smallest absolute Gasteiger partial charge is 0.230 e. The van der Waals surface area contributed by atoms with Gasteiger partial charge in [-0.3, -0.25) is 9.80 Å². The lowest BCUT2D eigenvalue weighted by Crippen LogP contribution is -2.70. The molecule has 2 aliphatic rings. The number of aryl methyl sites for hydroxylation is 1. The molecule has 2 fully saturated rings. The van der Waals surface area contributed by atoms with Crippen LogP contribution in [0.3, 0.4) is 0 Å². The Hall–Kier alpha value is -0.940. The average molecular weight is 250 g/mol. The zero-order chi connectivity index (χ0) is 12.9. The van der Waals surface area contributed by atoms with Crippen molar-refractivity contribution in [2.75, 3.05) is 13.1 Å². The molecule has 5 heteroatoms. The van der Waals surface area contributed by atoms with E-state index in [1.165, 1.54) is 6.42 Å². The summed E-state index contributed by atoms with van der Waals surface area (Å²) in [6.45, 7) is 11.9. The molecule has 0 spiro atoms. The molecule has 3 heterocycles. The fourth-order valence-corrected chi connectivity index (χ4v) is 3.05. The summed E-state index contributed by atoms with van der Waals surface area (Å²) in [6.07, 6.45) is 1.32. The zero-order valence-corrected chi connectivity index (χ0v) is 11.7. The quantitative estimate of drug-likeness (QED) is 0.794. The number of piperidine rings is 1. The van der Waals surface area contributed by atoms with Crippen LogP contribution in [0.4, 0.5) is 0 Å². The molecule has 0 radical (unpaired) electrons. The van der Waals surface area contributed by atoms with Crippen LogP contribution in [-0.4, -0.2) is 50.7 Å². The monoisotopic (exact) mass is 250 g/mol. The highest BCUT2D eigenvalue weighted by Crippen LogP contribution is 2.36. The largest absolute Gasteiger partial charge is 0.424 e. The number of aromatic nitrogens is 2. The van der Waals surface area contributed by atoms with Gasteiger partial charge in [0.2, 0.25) is 11.8 Å². The summed E-state index contributed by atoms with van der Waals surface area (Å²) in [5.41, 5.74) is 0.282. The summed E-state index contributed by atoms with van der Waals surface area (Å²) >= 11 is 0. The van der Waals surface area contributed by atoms with Gasteiger partial charge in [-0.1, -0.05) is 0 Å². The first kappa shape index (κ1) is 12.1. The summed E-state index contributed by atoms with van der Waals surface area (Å²) in [6, 6.07) is 1.32. The standard InChI is InChI=1S/C13H22N4O/c1-9-14-15-12(18-9)8-17-10-5-11(17)7-16(6-10)13(2,3)4/h10-11H,5-8H2,1-4H3. The van der Waals surface area contributed by atoms with E-state index in [1.807, 2.05) is 6.92 Å². The molecule has 0 saturated carbocycles. The van der Waals surface area contributed by atoms with Crippen LogP contribution < -0.4 is 0 Å². The summed E-state index contributed by atoms with van der Waals surface area (Å²) in [4.78, 5) is 5.09. The van der Waals surface area contributed by atoms with E-state index in [2.05, 4.69) is 40.8 Å². The van der Waals surface area contributed by atoms with Crippen molar-refractivity contribution in [3.63, 3.8) is 0 Å². The molecule has 18 heavy (non-hydrogen) atoms. The predicted octanol–water partition coefficient (Wildman–Crippen LogP) is 1.44. The Balaban J connectivity index is 1.62. The van der Waals surface area contributed by atoms with Crippen molar-refractivity contribution in [2.24, 2.45) is 0 Å². The highest BCUT2D eigenvalue weighted by Gasteiger charge is 2.47. The first-order valence-electron chi connectivity index (χ1n) is 6.73. The third-order valence-corrected chi connectivity index (χ3v) is 4.18. The van der Waals surface area contributed by atoms with Crippen molar-refractivity contribution < 1.29 is 4.42 Å². The third-order valence-electron chi connectivity index (χ3n) is 4.18. The van der Waals surface area contributed by atoms with Gasteiger partial charge in [0.05, 0.1) is 6.54 Å². The lowest BCUT2D eigenvalue weighted by molar-refractivity contribution is -0.103. The van der Waals surface area contributed by atoms with Crippen LogP contribution in [0.15, 0.2) is 4.42 Å². The fraction of sp³-hybridized carbons (Fsp3) is 0.846. The molecule has 0 aromatic carbocycles. The van der Waals surface area contributed by atoms with Crippen molar-refractivity contribution in [2.45, 2.75) is 58.3 Å². The molecule has 0 aliphatic carbocycles. The zero-order valence-electron chi connectivity index (χ0n) is 11.7. The minimum absolute atomic E-state index is 0.282. The first-order chi connectivity index (χ1) is 8.43. The summed E-state index contributed by atoms with van der Waals surface area (Å²) < 4.78 is 5.47. The second-order valence-corrected chi connectivity index (χ2v) is 6.51. The SMILES string of the molecule is Cc1nnc(CN2C3CC2CN(C(C)(C)C)C3)o1. The van der Waals surface area contributed by atoms with E-state index in [0.29, 0.717) is 18.0 Å². The second kappa shape index (κ2) is 4.03. The summed E-state index contributed by atoms with van der Waals surface area (Å²) in [5.74, 6) is 1.42. The van der Waals surface area contributed by atoms with E-state index in [9.17, 15) is 0 Å². The molecule has 1 aromatic heterocycles. The molecule has 0 N–H and O–H groups in total. The van der Waals surface area contributed by atoms with Gasteiger partial charge in [0.1, 0.15) is 0 Å². The number of hydrogen-bond donors (Lipinski definition) is 0. The second-order valence-electron chi connectivity index (χ2n) is 6.51. The Morgan fingerprint density at radius 3 is 2.39 bits per heavy atom. The molecule has 100 valence electrons. The molecule has 3 rings (SSSR count). The summed E-state index contributed by atoms with van der Waals surface area (Å²) in [5, 5.41) is 7.98. The van der Waals surface area contributed by atoms with Crippen molar-refractivity contribution in [3.8, 4) is 0 Å². The van der Waals surface area contributed by atoms with Crippen LogP contribution in [0.2, 0.25) is 0 Å². The molecule has 2 bridgehead atoms. The van der Waals surface area contributed by atoms with Crippen molar-refractivity contribution >= 4 is 0 Å². The van der Waals surface area contributed by atoms with Crippen LogP contribution in [0.25, 0.3) is 0 Å². The number of nitrogens with zero attached hydrogens (tertiary/aromatic N) is 4. The molecule has 2 unspecified atom stereocenters. The van der Waals surface area contributed by atoms with Gasteiger partial charge in [-0.25, -0.2) is 0 Å². The summed E-state index contributed by atoms with van der Waals surface area (Å²) in [7, 11) is 0.